The average Bonchev–Trinajstić information content (AvgIpc) is 2.03. The molecule has 1 unspecified atom stereocenters. The predicted molar refractivity (Wildman–Crippen MR) is 38.2 cm³/mol. The Morgan fingerprint density at radius 3 is 2.73 bits per heavy atom. The van der Waals surface area contributed by atoms with Crippen molar-refractivity contribution in [2.45, 2.75) is 0 Å². The highest BCUT2D eigenvalue weighted by molar-refractivity contribution is 7.32. The van der Waals surface area contributed by atoms with Crippen LogP contribution in [0.25, 0.3) is 0 Å². The molecule has 1 atom stereocenters. The highest BCUT2D eigenvalue weighted by atomic mass is 31.1. The van der Waals surface area contributed by atoms with Crippen LogP contribution in [-0.4, -0.2) is 42.8 Å². The van der Waals surface area contributed by atoms with Crippen LogP contribution in [0.2, 0.25) is 0 Å². The predicted octanol–water partition coefficient (Wildman–Crippen LogP) is -0.0576. The molecular formula is C5H11NO4P+. The van der Waals surface area contributed by atoms with Gasteiger partial charge in [-0.1, -0.05) is 0 Å². The van der Waals surface area contributed by atoms with Gasteiger partial charge in [0.05, 0.1) is 13.2 Å². The molecule has 0 aromatic carbocycles. The van der Waals surface area contributed by atoms with E-state index in [1.807, 2.05) is 4.90 Å². The molecule has 0 aromatic rings. The molecule has 0 amide bonds. The van der Waals surface area contributed by atoms with E-state index in [1.54, 1.807) is 0 Å². The molecule has 1 saturated heterocycles. The Morgan fingerprint density at radius 1 is 1.55 bits per heavy atom. The molecule has 0 bridgehead atoms. The maximum absolute atomic E-state index is 10.1. The first-order chi connectivity index (χ1) is 5.29. The number of hydrogen-bond donors (Lipinski definition) is 1. The molecule has 0 aliphatic carbocycles. The lowest BCUT2D eigenvalue weighted by Gasteiger charge is -2.23. The van der Waals surface area contributed by atoms with E-state index in [4.69, 9.17) is 9.63 Å². The lowest BCUT2D eigenvalue weighted by molar-refractivity contribution is 0.00347. The van der Waals surface area contributed by atoms with Crippen LogP contribution in [0.5, 0.6) is 0 Å². The van der Waals surface area contributed by atoms with Crippen molar-refractivity contribution in [1.29, 1.82) is 0 Å². The SMILES string of the molecule is O=[P+](O)OCN1CCOCC1. The van der Waals surface area contributed by atoms with Gasteiger partial charge >= 0.3 is 8.25 Å². The van der Waals surface area contributed by atoms with E-state index in [0.29, 0.717) is 13.2 Å². The van der Waals surface area contributed by atoms with Gasteiger partial charge in [-0.15, -0.1) is 9.42 Å². The maximum Gasteiger partial charge on any atom is 0.696 e. The average molecular weight is 180 g/mol. The van der Waals surface area contributed by atoms with Crippen LogP contribution in [0.15, 0.2) is 0 Å². The Labute approximate surface area is 65.9 Å². The fourth-order valence-corrected chi connectivity index (χ4v) is 1.12. The lowest BCUT2D eigenvalue weighted by atomic mass is 10.5. The van der Waals surface area contributed by atoms with E-state index in [-0.39, 0.29) is 6.73 Å². The zero-order valence-corrected chi connectivity index (χ0v) is 7.00. The summed E-state index contributed by atoms with van der Waals surface area (Å²) in [6.45, 7) is 3.10. The number of rotatable bonds is 3. The first-order valence-corrected chi connectivity index (χ1v) is 4.51. The van der Waals surface area contributed by atoms with Gasteiger partial charge in [0.15, 0.2) is 6.73 Å². The van der Waals surface area contributed by atoms with E-state index in [2.05, 4.69) is 4.52 Å². The monoisotopic (exact) mass is 180 g/mol. The van der Waals surface area contributed by atoms with Crippen molar-refractivity contribution >= 4 is 8.25 Å². The fraction of sp³-hybridized carbons (Fsp3) is 1.00. The third kappa shape index (κ3) is 3.74. The number of morpholine rings is 1. The van der Waals surface area contributed by atoms with Gasteiger partial charge in [0.25, 0.3) is 0 Å². The Balaban J connectivity index is 2.09. The largest absolute Gasteiger partial charge is 0.696 e. The molecule has 1 rings (SSSR count). The van der Waals surface area contributed by atoms with Crippen molar-refractivity contribution in [3.63, 3.8) is 0 Å². The second kappa shape index (κ2) is 4.74. The van der Waals surface area contributed by atoms with Crippen molar-refractivity contribution < 1.29 is 18.7 Å². The summed E-state index contributed by atoms with van der Waals surface area (Å²) >= 11 is 0. The van der Waals surface area contributed by atoms with Crippen LogP contribution < -0.4 is 0 Å². The van der Waals surface area contributed by atoms with Gasteiger partial charge in [0.1, 0.15) is 0 Å². The van der Waals surface area contributed by atoms with Crippen LogP contribution in [0.1, 0.15) is 0 Å². The first-order valence-electron chi connectivity index (χ1n) is 3.38. The summed E-state index contributed by atoms with van der Waals surface area (Å²) in [6.07, 6.45) is 0. The van der Waals surface area contributed by atoms with Gasteiger partial charge in [-0.25, -0.2) is 0 Å². The molecule has 0 aromatic heterocycles. The smallest absolute Gasteiger partial charge is 0.379 e. The van der Waals surface area contributed by atoms with Crippen LogP contribution in [-0.2, 0) is 13.8 Å². The van der Waals surface area contributed by atoms with Gasteiger partial charge in [0, 0.05) is 17.7 Å². The highest BCUT2D eigenvalue weighted by Crippen LogP contribution is 2.14. The van der Waals surface area contributed by atoms with E-state index in [1.165, 1.54) is 0 Å². The molecule has 1 N–H and O–H groups in total. The van der Waals surface area contributed by atoms with E-state index in [0.717, 1.165) is 13.1 Å². The van der Waals surface area contributed by atoms with Crippen LogP contribution in [0, 0.1) is 0 Å². The molecule has 11 heavy (non-hydrogen) atoms. The van der Waals surface area contributed by atoms with Crippen molar-refractivity contribution in [3.8, 4) is 0 Å². The fourth-order valence-electron chi connectivity index (χ4n) is 0.861. The Bertz CT molecular complexity index is 136. The zero-order valence-electron chi connectivity index (χ0n) is 6.10. The highest BCUT2D eigenvalue weighted by Gasteiger charge is 2.17. The van der Waals surface area contributed by atoms with Gasteiger partial charge < -0.3 is 4.74 Å². The van der Waals surface area contributed by atoms with Gasteiger partial charge in [0.2, 0.25) is 0 Å². The summed E-state index contributed by atoms with van der Waals surface area (Å²) in [5.41, 5.74) is 0. The lowest BCUT2D eigenvalue weighted by Crippen LogP contribution is -2.37. The van der Waals surface area contributed by atoms with Crippen LogP contribution in [0.3, 0.4) is 0 Å². The molecule has 1 aliphatic heterocycles. The minimum absolute atomic E-state index is 0.217. The summed E-state index contributed by atoms with van der Waals surface area (Å²) in [6, 6.07) is 0. The van der Waals surface area contributed by atoms with E-state index in [9.17, 15) is 4.57 Å². The normalized spacial score (nSPS) is 21.7. The standard InChI is InChI=1S/C5H10NO4P/c7-11(8)10-5-6-1-3-9-4-2-6/h1-5H2/p+1. The van der Waals surface area contributed by atoms with Crippen molar-refractivity contribution in [3.05, 3.63) is 0 Å². The van der Waals surface area contributed by atoms with Gasteiger partial charge in [-0.2, -0.15) is 0 Å². The minimum Gasteiger partial charge on any atom is -0.379 e. The Kier molecular flexibility index (Phi) is 3.90. The molecule has 6 heteroatoms. The summed E-state index contributed by atoms with van der Waals surface area (Å²) in [5, 5.41) is 0. The van der Waals surface area contributed by atoms with E-state index < -0.39 is 8.25 Å². The second-order valence-electron chi connectivity index (χ2n) is 2.23. The Morgan fingerprint density at radius 2 is 2.18 bits per heavy atom. The molecule has 1 heterocycles. The van der Waals surface area contributed by atoms with Crippen LogP contribution >= 0.6 is 8.25 Å². The third-order valence-corrected chi connectivity index (χ3v) is 1.79. The quantitative estimate of drug-likeness (QED) is 0.616. The topological polar surface area (TPSA) is 59.0 Å². The zero-order chi connectivity index (χ0) is 8.10. The summed E-state index contributed by atoms with van der Waals surface area (Å²) in [7, 11) is -2.46. The molecule has 0 radical (unpaired) electrons. The molecule has 0 spiro atoms. The summed E-state index contributed by atoms with van der Waals surface area (Å²) < 4.78 is 19.7. The number of ether oxygens (including phenoxy) is 1. The van der Waals surface area contributed by atoms with Crippen molar-refractivity contribution in [2.75, 3.05) is 33.0 Å². The molecule has 1 fully saturated rings. The minimum atomic E-state index is -2.46. The molecule has 5 nitrogen and oxygen atoms in total. The second-order valence-corrected chi connectivity index (χ2v) is 2.96. The number of hydrogen-bond acceptors (Lipinski definition) is 4. The summed E-state index contributed by atoms with van der Waals surface area (Å²) in [4.78, 5) is 10.2. The molecular weight excluding hydrogens is 169 g/mol. The number of nitrogens with zero attached hydrogens (tertiary/aromatic N) is 1. The van der Waals surface area contributed by atoms with Gasteiger partial charge in [-0.3, -0.25) is 4.90 Å². The Hall–Kier alpha value is -0.0600. The van der Waals surface area contributed by atoms with Gasteiger partial charge in [-0.05, 0) is 0 Å². The first kappa shape index (κ1) is 9.03. The van der Waals surface area contributed by atoms with Crippen molar-refractivity contribution in [1.82, 2.24) is 4.90 Å². The molecule has 64 valence electrons. The molecule has 0 saturated carbocycles. The van der Waals surface area contributed by atoms with Crippen molar-refractivity contribution in [2.24, 2.45) is 0 Å². The third-order valence-electron chi connectivity index (χ3n) is 1.45. The molecule has 1 aliphatic rings. The summed E-state index contributed by atoms with van der Waals surface area (Å²) in [5.74, 6) is 0. The van der Waals surface area contributed by atoms with Crippen LogP contribution in [0.4, 0.5) is 0 Å². The van der Waals surface area contributed by atoms with E-state index >= 15 is 0 Å². The maximum atomic E-state index is 10.1.